The first kappa shape index (κ1) is 12.8. The van der Waals surface area contributed by atoms with Gasteiger partial charge in [-0.1, -0.05) is 25.1 Å². The number of nitrogens with zero attached hydrogens (tertiary/aromatic N) is 2. The van der Waals surface area contributed by atoms with E-state index in [2.05, 4.69) is 49.7 Å². The normalized spacial score (nSPS) is 17.7. The van der Waals surface area contributed by atoms with Crippen LogP contribution in [0.3, 0.4) is 0 Å². The highest BCUT2D eigenvalue weighted by Gasteiger charge is 2.23. The van der Waals surface area contributed by atoms with E-state index in [1.54, 1.807) is 0 Å². The first-order valence-corrected chi connectivity index (χ1v) is 7.84. The van der Waals surface area contributed by atoms with E-state index in [4.69, 9.17) is 5.10 Å². The number of aryl methyl sites for hydroxylation is 1. The van der Waals surface area contributed by atoms with E-state index in [0.717, 1.165) is 13.0 Å². The van der Waals surface area contributed by atoms with Crippen molar-refractivity contribution >= 4 is 11.8 Å². The van der Waals surface area contributed by atoms with Crippen LogP contribution in [-0.4, -0.2) is 15.0 Å². The maximum absolute atomic E-state index is 4.71. The minimum absolute atomic E-state index is 0.625. The van der Waals surface area contributed by atoms with Crippen LogP contribution in [0.15, 0.2) is 29.2 Å². The number of fused-ring (bicyclic) bond motifs is 1. The first-order chi connectivity index (χ1) is 9.19. The molecule has 0 aliphatic carbocycles. The van der Waals surface area contributed by atoms with Gasteiger partial charge in [-0.05, 0) is 43.9 Å². The molecule has 0 saturated carbocycles. The van der Waals surface area contributed by atoms with Crippen molar-refractivity contribution in [2.75, 3.05) is 0 Å². The number of aromatic nitrogens is 2. The summed E-state index contributed by atoms with van der Waals surface area (Å²) in [7, 11) is 0. The quantitative estimate of drug-likeness (QED) is 0.846. The van der Waals surface area contributed by atoms with Gasteiger partial charge in [0.1, 0.15) is 0 Å². The van der Waals surface area contributed by atoms with E-state index in [1.807, 2.05) is 11.8 Å². The molecule has 0 spiro atoms. The van der Waals surface area contributed by atoms with Crippen LogP contribution in [0.25, 0.3) is 0 Å². The molecule has 1 atom stereocenters. The lowest BCUT2D eigenvalue weighted by molar-refractivity contribution is 0.576. The van der Waals surface area contributed by atoms with Crippen LogP contribution in [0.5, 0.6) is 0 Å². The second kappa shape index (κ2) is 5.04. The average molecular weight is 272 g/mol. The standard InChI is InChI=1S/C16H20N2S/c1-4-15-11(2)17-18(12(15)3)10-14-9-13-7-5-6-8-16(13)19-14/h5-8,14H,4,9-10H2,1-3H3. The van der Waals surface area contributed by atoms with E-state index < -0.39 is 0 Å². The van der Waals surface area contributed by atoms with Gasteiger partial charge in [-0.2, -0.15) is 5.10 Å². The lowest BCUT2D eigenvalue weighted by Crippen LogP contribution is -2.14. The second-order valence-corrected chi connectivity index (χ2v) is 6.58. The maximum Gasteiger partial charge on any atom is 0.0628 e. The summed E-state index contributed by atoms with van der Waals surface area (Å²) < 4.78 is 2.21. The molecule has 0 saturated heterocycles. The van der Waals surface area contributed by atoms with E-state index >= 15 is 0 Å². The molecule has 1 aliphatic heterocycles. The number of rotatable bonds is 3. The molecule has 1 unspecified atom stereocenters. The molecule has 2 nitrogen and oxygen atoms in total. The third-order valence-electron chi connectivity index (χ3n) is 3.98. The van der Waals surface area contributed by atoms with Crippen molar-refractivity contribution < 1.29 is 0 Å². The summed E-state index contributed by atoms with van der Waals surface area (Å²) in [6, 6.07) is 8.76. The second-order valence-electron chi connectivity index (χ2n) is 5.24. The zero-order valence-corrected chi connectivity index (χ0v) is 12.6. The van der Waals surface area contributed by atoms with Crippen molar-refractivity contribution in [1.29, 1.82) is 0 Å². The Morgan fingerprint density at radius 3 is 2.79 bits per heavy atom. The zero-order chi connectivity index (χ0) is 13.4. The first-order valence-electron chi connectivity index (χ1n) is 6.96. The van der Waals surface area contributed by atoms with Gasteiger partial charge in [0.25, 0.3) is 0 Å². The van der Waals surface area contributed by atoms with Crippen molar-refractivity contribution in [3.8, 4) is 0 Å². The van der Waals surface area contributed by atoms with Gasteiger partial charge in [0.15, 0.2) is 0 Å². The zero-order valence-electron chi connectivity index (χ0n) is 11.8. The maximum atomic E-state index is 4.71. The summed E-state index contributed by atoms with van der Waals surface area (Å²) >= 11 is 2.00. The Balaban J connectivity index is 1.78. The molecule has 3 heteroatoms. The third kappa shape index (κ3) is 2.32. The van der Waals surface area contributed by atoms with Gasteiger partial charge in [-0.25, -0.2) is 0 Å². The van der Waals surface area contributed by atoms with Gasteiger partial charge in [0, 0.05) is 15.8 Å². The fourth-order valence-corrected chi connectivity index (χ4v) is 4.27. The SMILES string of the molecule is CCc1c(C)nn(CC2Cc3ccccc3S2)c1C. The Morgan fingerprint density at radius 2 is 2.11 bits per heavy atom. The summed E-state index contributed by atoms with van der Waals surface area (Å²) in [6.07, 6.45) is 2.25. The highest BCUT2D eigenvalue weighted by Crippen LogP contribution is 2.37. The Kier molecular flexibility index (Phi) is 3.40. The molecule has 1 aromatic heterocycles. The van der Waals surface area contributed by atoms with Crippen LogP contribution in [0, 0.1) is 13.8 Å². The topological polar surface area (TPSA) is 17.8 Å². The predicted molar refractivity (Wildman–Crippen MR) is 80.9 cm³/mol. The molecule has 0 N–H and O–H groups in total. The Morgan fingerprint density at radius 1 is 1.32 bits per heavy atom. The Labute approximate surface area is 119 Å². The van der Waals surface area contributed by atoms with Gasteiger partial charge < -0.3 is 0 Å². The number of benzene rings is 1. The van der Waals surface area contributed by atoms with Crippen LogP contribution < -0.4 is 0 Å². The molecule has 0 fully saturated rings. The summed E-state index contributed by atoms with van der Waals surface area (Å²) in [6.45, 7) is 7.55. The lowest BCUT2D eigenvalue weighted by atomic mass is 10.1. The smallest absolute Gasteiger partial charge is 0.0628 e. The van der Waals surface area contributed by atoms with Crippen LogP contribution in [0.2, 0.25) is 0 Å². The van der Waals surface area contributed by atoms with Crippen LogP contribution in [-0.2, 0) is 19.4 Å². The van der Waals surface area contributed by atoms with Gasteiger partial charge in [0.2, 0.25) is 0 Å². The minimum Gasteiger partial charge on any atom is -0.268 e. The summed E-state index contributed by atoms with van der Waals surface area (Å²) in [5.41, 5.74) is 5.45. The van der Waals surface area contributed by atoms with Crippen molar-refractivity contribution in [2.24, 2.45) is 0 Å². The van der Waals surface area contributed by atoms with E-state index in [1.165, 1.54) is 33.8 Å². The highest BCUT2D eigenvalue weighted by molar-refractivity contribution is 8.00. The molecule has 0 radical (unpaired) electrons. The average Bonchev–Trinajstić information content (AvgIpc) is 2.91. The van der Waals surface area contributed by atoms with Crippen molar-refractivity contribution in [2.45, 2.75) is 50.3 Å². The Hall–Kier alpha value is -1.22. The largest absolute Gasteiger partial charge is 0.268 e. The molecular formula is C16H20N2S. The van der Waals surface area contributed by atoms with Crippen LogP contribution in [0.1, 0.15) is 29.4 Å². The monoisotopic (exact) mass is 272 g/mol. The lowest BCUT2D eigenvalue weighted by Gasteiger charge is -2.10. The minimum atomic E-state index is 0.625. The molecular weight excluding hydrogens is 252 g/mol. The fraction of sp³-hybridized carbons (Fsp3) is 0.438. The van der Waals surface area contributed by atoms with Crippen LogP contribution >= 0.6 is 11.8 Å². The molecule has 0 amide bonds. The number of hydrogen-bond acceptors (Lipinski definition) is 2. The van der Waals surface area contributed by atoms with Gasteiger partial charge >= 0.3 is 0 Å². The summed E-state index contributed by atoms with van der Waals surface area (Å²) in [5, 5.41) is 5.34. The molecule has 3 rings (SSSR count). The number of hydrogen-bond donors (Lipinski definition) is 0. The summed E-state index contributed by atoms with van der Waals surface area (Å²) in [5.74, 6) is 0. The van der Waals surface area contributed by atoms with Gasteiger partial charge in [0.05, 0.1) is 12.2 Å². The molecule has 1 aromatic carbocycles. The van der Waals surface area contributed by atoms with Crippen molar-refractivity contribution in [3.05, 3.63) is 46.8 Å². The highest BCUT2D eigenvalue weighted by atomic mass is 32.2. The van der Waals surface area contributed by atoms with Gasteiger partial charge in [-0.15, -0.1) is 11.8 Å². The third-order valence-corrected chi connectivity index (χ3v) is 5.28. The van der Waals surface area contributed by atoms with Crippen molar-refractivity contribution in [1.82, 2.24) is 9.78 Å². The molecule has 0 bridgehead atoms. The molecule has 1 aliphatic rings. The molecule has 2 heterocycles. The van der Waals surface area contributed by atoms with E-state index in [-0.39, 0.29) is 0 Å². The Bertz CT molecular complexity index is 576. The number of thioether (sulfide) groups is 1. The van der Waals surface area contributed by atoms with Crippen molar-refractivity contribution in [3.63, 3.8) is 0 Å². The van der Waals surface area contributed by atoms with Crippen LogP contribution in [0.4, 0.5) is 0 Å². The van der Waals surface area contributed by atoms with E-state index in [0.29, 0.717) is 5.25 Å². The molecule has 19 heavy (non-hydrogen) atoms. The molecule has 2 aromatic rings. The summed E-state index contributed by atoms with van der Waals surface area (Å²) in [4.78, 5) is 1.45. The molecule has 100 valence electrons. The van der Waals surface area contributed by atoms with E-state index in [9.17, 15) is 0 Å². The predicted octanol–water partition coefficient (Wildman–Crippen LogP) is 3.78. The fourth-order valence-electron chi connectivity index (χ4n) is 2.97. The van der Waals surface area contributed by atoms with Gasteiger partial charge in [-0.3, -0.25) is 4.68 Å².